The van der Waals surface area contributed by atoms with Gasteiger partial charge in [-0.3, -0.25) is 9.69 Å². The number of fused-ring (bicyclic) bond motifs is 1. The number of nitrogens with zero attached hydrogens (tertiary/aromatic N) is 3. The first kappa shape index (κ1) is 18.8. The van der Waals surface area contributed by atoms with E-state index in [9.17, 15) is 4.79 Å². The number of amides is 1. The van der Waals surface area contributed by atoms with Crippen molar-refractivity contribution in [3.05, 3.63) is 47.9 Å². The van der Waals surface area contributed by atoms with Gasteiger partial charge in [-0.1, -0.05) is 11.2 Å². The van der Waals surface area contributed by atoms with Crippen LogP contribution in [0.2, 0.25) is 0 Å². The maximum absolute atomic E-state index is 12.4. The topological polar surface area (TPSA) is 86.9 Å². The standard InChI is InChI=1S/C21H21N3O5/c1-4-27-16-8-6-14(10-18(16)26-3)21-22-19(29-23-21)11-24-15-7-5-13(2)9-17(15)28-12-20(24)25/h5-10H,4,11-12H2,1-3H3. The summed E-state index contributed by atoms with van der Waals surface area (Å²) in [6, 6.07) is 11.1. The zero-order valence-corrected chi connectivity index (χ0v) is 16.5. The molecule has 1 aliphatic heterocycles. The number of aromatic nitrogens is 2. The van der Waals surface area contributed by atoms with Crippen LogP contribution in [0.15, 0.2) is 40.9 Å². The number of ether oxygens (including phenoxy) is 3. The summed E-state index contributed by atoms with van der Waals surface area (Å²) in [7, 11) is 1.58. The molecule has 0 atom stereocenters. The molecule has 4 rings (SSSR count). The molecule has 0 saturated heterocycles. The SMILES string of the molecule is CCOc1ccc(-c2noc(CN3C(=O)COc4cc(C)ccc43)n2)cc1OC. The molecule has 0 saturated carbocycles. The molecule has 2 heterocycles. The highest BCUT2D eigenvalue weighted by atomic mass is 16.5. The van der Waals surface area contributed by atoms with Gasteiger partial charge in [-0.05, 0) is 49.7 Å². The van der Waals surface area contributed by atoms with E-state index in [-0.39, 0.29) is 19.1 Å². The summed E-state index contributed by atoms with van der Waals surface area (Å²) in [6.07, 6.45) is 0. The van der Waals surface area contributed by atoms with E-state index in [1.807, 2.05) is 38.1 Å². The third-order valence-electron chi connectivity index (χ3n) is 4.54. The molecule has 3 aromatic rings. The Balaban J connectivity index is 1.58. The zero-order chi connectivity index (χ0) is 20.4. The van der Waals surface area contributed by atoms with E-state index in [1.165, 1.54) is 0 Å². The first-order chi connectivity index (χ1) is 14.1. The van der Waals surface area contributed by atoms with Gasteiger partial charge >= 0.3 is 0 Å². The Bertz CT molecular complexity index is 1050. The fraction of sp³-hybridized carbons (Fsp3) is 0.286. The smallest absolute Gasteiger partial charge is 0.265 e. The highest BCUT2D eigenvalue weighted by Crippen LogP contribution is 2.34. The van der Waals surface area contributed by atoms with Crippen LogP contribution in [0.1, 0.15) is 18.4 Å². The Morgan fingerprint density at radius 2 is 2.03 bits per heavy atom. The maximum Gasteiger partial charge on any atom is 0.265 e. The molecule has 0 bridgehead atoms. The summed E-state index contributed by atoms with van der Waals surface area (Å²) in [5.41, 5.74) is 2.47. The molecule has 1 aromatic heterocycles. The van der Waals surface area contributed by atoms with Gasteiger partial charge in [0.2, 0.25) is 11.7 Å². The van der Waals surface area contributed by atoms with Crippen molar-refractivity contribution in [3.8, 4) is 28.6 Å². The lowest BCUT2D eigenvalue weighted by Crippen LogP contribution is -2.38. The second-order valence-corrected chi connectivity index (χ2v) is 6.55. The molecule has 1 amide bonds. The van der Waals surface area contributed by atoms with Gasteiger partial charge in [0, 0.05) is 5.56 Å². The van der Waals surface area contributed by atoms with Gasteiger partial charge in [-0.2, -0.15) is 4.98 Å². The number of hydrogen-bond donors (Lipinski definition) is 0. The fourth-order valence-corrected chi connectivity index (χ4v) is 3.14. The molecule has 0 fully saturated rings. The van der Waals surface area contributed by atoms with Crippen LogP contribution in [-0.4, -0.2) is 36.4 Å². The molecular formula is C21H21N3O5. The predicted molar refractivity (Wildman–Crippen MR) is 105 cm³/mol. The summed E-state index contributed by atoms with van der Waals surface area (Å²) in [5.74, 6) is 2.47. The Morgan fingerprint density at radius 1 is 1.17 bits per heavy atom. The number of rotatable bonds is 6. The number of benzene rings is 2. The quantitative estimate of drug-likeness (QED) is 0.632. The second kappa shape index (κ2) is 7.83. The Morgan fingerprint density at radius 3 is 2.83 bits per heavy atom. The molecule has 0 unspecified atom stereocenters. The molecule has 8 heteroatoms. The molecule has 1 aliphatic rings. The summed E-state index contributed by atoms with van der Waals surface area (Å²) in [5, 5.41) is 4.05. The third kappa shape index (κ3) is 3.73. The Hall–Kier alpha value is -3.55. The lowest BCUT2D eigenvalue weighted by Gasteiger charge is -2.28. The molecular weight excluding hydrogens is 374 g/mol. The van der Waals surface area contributed by atoms with Crippen LogP contribution >= 0.6 is 0 Å². The van der Waals surface area contributed by atoms with Gasteiger partial charge in [0.25, 0.3) is 5.91 Å². The van der Waals surface area contributed by atoms with Gasteiger partial charge in [-0.25, -0.2) is 0 Å². The Kier molecular flexibility index (Phi) is 5.07. The van der Waals surface area contributed by atoms with Crippen LogP contribution in [0, 0.1) is 6.92 Å². The van der Waals surface area contributed by atoms with Gasteiger partial charge < -0.3 is 18.7 Å². The average molecular weight is 395 g/mol. The summed E-state index contributed by atoms with van der Waals surface area (Å²) >= 11 is 0. The van der Waals surface area contributed by atoms with Crippen molar-refractivity contribution in [2.24, 2.45) is 0 Å². The molecule has 0 aliphatic carbocycles. The normalized spacial score (nSPS) is 13.1. The first-order valence-corrected chi connectivity index (χ1v) is 9.26. The van der Waals surface area contributed by atoms with Gasteiger partial charge in [0.1, 0.15) is 12.3 Å². The monoisotopic (exact) mass is 395 g/mol. The van der Waals surface area contributed by atoms with E-state index in [2.05, 4.69) is 10.1 Å². The minimum absolute atomic E-state index is 0.0203. The maximum atomic E-state index is 12.4. The van der Waals surface area contributed by atoms with Crippen LogP contribution < -0.4 is 19.1 Å². The van der Waals surface area contributed by atoms with Crippen molar-refractivity contribution in [2.45, 2.75) is 20.4 Å². The molecule has 8 nitrogen and oxygen atoms in total. The van der Waals surface area contributed by atoms with E-state index < -0.39 is 0 Å². The lowest BCUT2D eigenvalue weighted by atomic mass is 10.1. The van der Waals surface area contributed by atoms with Crippen LogP contribution in [-0.2, 0) is 11.3 Å². The van der Waals surface area contributed by atoms with Crippen LogP contribution in [0.5, 0.6) is 17.2 Å². The largest absolute Gasteiger partial charge is 0.493 e. The second-order valence-electron chi connectivity index (χ2n) is 6.55. The van der Waals surface area contributed by atoms with Crippen molar-refractivity contribution in [1.82, 2.24) is 10.1 Å². The van der Waals surface area contributed by atoms with Gasteiger partial charge in [0.15, 0.2) is 18.1 Å². The average Bonchev–Trinajstić information content (AvgIpc) is 3.19. The number of hydrogen-bond acceptors (Lipinski definition) is 7. The summed E-state index contributed by atoms with van der Waals surface area (Å²) < 4.78 is 21.8. The third-order valence-corrected chi connectivity index (χ3v) is 4.54. The van der Waals surface area contributed by atoms with E-state index in [0.717, 1.165) is 11.1 Å². The number of carbonyl (C=O) groups excluding carboxylic acids is 1. The van der Waals surface area contributed by atoms with Gasteiger partial charge in [0.05, 0.1) is 19.4 Å². The number of methoxy groups -OCH3 is 1. The highest BCUT2D eigenvalue weighted by Gasteiger charge is 2.27. The number of carbonyl (C=O) groups is 1. The predicted octanol–water partition coefficient (Wildman–Crippen LogP) is 3.38. The van der Waals surface area contributed by atoms with Crippen LogP contribution in [0.25, 0.3) is 11.4 Å². The fourth-order valence-electron chi connectivity index (χ4n) is 3.14. The van der Waals surface area contributed by atoms with Crippen molar-refractivity contribution >= 4 is 11.6 Å². The molecule has 0 radical (unpaired) electrons. The molecule has 150 valence electrons. The minimum Gasteiger partial charge on any atom is -0.493 e. The van der Waals surface area contributed by atoms with Crippen molar-refractivity contribution in [3.63, 3.8) is 0 Å². The highest BCUT2D eigenvalue weighted by molar-refractivity contribution is 5.97. The molecule has 0 N–H and O–H groups in total. The van der Waals surface area contributed by atoms with Crippen molar-refractivity contribution in [1.29, 1.82) is 0 Å². The van der Waals surface area contributed by atoms with Crippen LogP contribution in [0.4, 0.5) is 5.69 Å². The van der Waals surface area contributed by atoms with Crippen molar-refractivity contribution < 1.29 is 23.5 Å². The van der Waals surface area contributed by atoms with E-state index >= 15 is 0 Å². The van der Waals surface area contributed by atoms with Gasteiger partial charge in [-0.15, -0.1) is 0 Å². The van der Waals surface area contributed by atoms with Crippen LogP contribution in [0.3, 0.4) is 0 Å². The molecule has 29 heavy (non-hydrogen) atoms. The Labute approximate surface area is 168 Å². The number of aryl methyl sites for hydroxylation is 1. The minimum atomic E-state index is -0.163. The summed E-state index contributed by atoms with van der Waals surface area (Å²) in [6.45, 7) is 4.56. The zero-order valence-electron chi connectivity index (χ0n) is 16.5. The molecule has 0 spiro atoms. The molecule has 2 aromatic carbocycles. The van der Waals surface area contributed by atoms with E-state index in [0.29, 0.717) is 41.3 Å². The van der Waals surface area contributed by atoms with Crippen molar-refractivity contribution in [2.75, 3.05) is 25.2 Å². The summed E-state index contributed by atoms with van der Waals surface area (Å²) in [4.78, 5) is 18.4. The van der Waals surface area contributed by atoms with E-state index in [4.69, 9.17) is 18.7 Å². The van der Waals surface area contributed by atoms with E-state index in [1.54, 1.807) is 24.1 Å². The lowest BCUT2D eigenvalue weighted by molar-refractivity contribution is -0.121. The first-order valence-electron chi connectivity index (χ1n) is 9.26. The number of anilines is 1.